The Morgan fingerprint density at radius 1 is 1.00 bits per heavy atom. The number of carbonyl (C=O) groups is 2. The monoisotopic (exact) mass is 494 g/mol. The third-order valence-electron chi connectivity index (χ3n) is 6.67. The van der Waals surface area contributed by atoms with Crippen LogP contribution in [0.25, 0.3) is 16.9 Å². The molecule has 4 aromatic rings. The molecule has 2 amide bonds. The summed E-state index contributed by atoms with van der Waals surface area (Å²) in [4.78, 5) is 33.0. The lowest BCUT2D eigenvalue weighted by Crippen LogP contribution is -2.39. The molecule has 7 nitrogen and oxygen atoms in total. The number of hydrogen-bond donors (Lipinski definition) is 1. The van der Waals surface area contributed by atoms with Gasteiger partial charge in [-0.3, -0.25) is 19.5 Å². The summed E-state index contributed by atoms with van der Waals surface area (Å²) in [6, 6.07) is 23.1. The van der Waals surface area contributed by atoms with Gasteiger partial charge in [-0.2, -0.15) is 0 Å². The van der Waals surface area contributed by atoms with E-state index in [4.69, 9.17) is 9.72 Å². The summed E-state index contributed by atoms with van der Waals surface area (Å²) in [6.45, 7) is 4.07. The Bertz CT molecular complexity index is 1440. The van der Waals surface area contributed by atoms with Gasteiger partial charge in [-0.15, -0.1) is 0 Å². The predicted molar refractivity (Wildman–Crippen MR) is 144 cm³/mol. The lowest BCUT2D eigenvalue weighted by molar-refractivity contribution is -0.117. The molecule has 0 aliphatic heterocycles. The lowest BCUT2D eigenvalue weighted by atomic mass is 10.1. The van der Waals surface area contributed by atoms with Gasteiger partial charge in [0.2, 0.25) is 11.9 Å². The summed E-state index contributed by atoms with van der Waals surface area (Å²) in [7, 11) is 1.57. The van der Waals surface area contributed by atoms with Gasteiger partial charge in [0.1, 0.15) is 12.3 Å². The van der Waals surface area contributed by atoms with Crippen LogP contribution in [-0.4, -0.2) is 46.0 Å². The Morgan fingerprint density at radius 2 is 1.78 bits per heavy atom. The number of nitrogens with zero attached hydrogens (tertiary/aromatic N) is 3. The molecule has 7 heteroatoms. The minimum Gasteiger partial charge on any atom is -0.497 e. The van der Waals surface area contributed by atoms with E-state index in [2.05, 4.69) is 31.3 Å². The minimum absolute atomic E-state index is 0.0544. The van der Waals surface area contributed by atoms with Crippen LogP contribution in [0.2, 0.25) is 0 Å². The number of anilines is 1. The maximum Gasteiger partial charge on any atom is 0.254 e. The molecular formula is C30H30N4O3. The Balaban J connectivity index is 1.42. The zero-order chi connectivity index (χ0) is 25.9. The Labute approximate surface area is 216 Å². The minimum atomic E-state index is -0.293. The Kier molecular flexibility index (Phi) is 6.77. The molecule has 1 aromatic heterocycles. The first kappa shape index (κ1) is 24.3. The van der Waals surface area contributed by atoms with E-state index < -0.39 is 0 Å². The van der Waals surface area contributed by atoms with Crippen molar-refractivity contribution in [3.05, 3.63) is 95.7 Å². The summed E-state index contributed by atoms with van der Waals surface area (Å²) < 4.78 is 7.16. The summed E-state index contributed by atoms with van der Waals surface area (Å²) >= 11 is 0. The molecule has 3 aromatic carbocycles. The summed E-state index contributed by atoms with van der Waals surface area (Å²) in [5.74, 6) is 0.545. The highest BCUT2D eigenvalue weighted by molar-refractivity contribution is 5.99. The number of carbonyl (C=O) groups excluding carboxylic acids is 2. The van der Waals surface area contributed by atoms with Crippen molar-refractivity contribution in [2.24, 2.45) is 0 Å². The van der Waals surface area contributed by atoms with Crippen LogP contribution in [0, 0.1) is 13.8 Å². The van der Waals surface area contributed by atoms with Gasteiger partial charge in [0.15, 0.2) is 0 Å². The average Bonchev–Trinajstić information content (AvgIpc) is 3.68. The third kappa shape index (κ3) is 5.40. The van der Waals surface area contributed by atoms with Crippen molar-refractivity contribution >= 4 is 17.8 Å². The quantitative estimate of drug-likeness (QED) is 0.355. The molecule has 188 valence electrons. The fourth-order valence-corrected chi connectivity index (χ4v) is 4.28. The second-order valence-electron chi connectivity index (χ2n) is 9.40. The first-order valence-electron chi connectivity index (χ1n) is 12.4. The van der Waals surface area contributed by atoms with Crippen molar-refractivity contribution in [2.45, 2.75) is 32.7 Å². The largest absolute Gasteiger partial charge is 0.497 e. The van der Waals surface area contributed by atoms with Gasteiger partial charge in [0.25, 0.3) is 5.91 Å². The number of methoxy groups -OCH3 is 1. The van der Waals surface area contributed by atoms with E-state index in [1.807, 2.05) is 47.2 Å². The molecule has 0 bridgehead atoms. The zero-order valence-electron chi connectivity index (χ0n) is 21.3. The van der Waals surface area contributed by atoms with Gasteiger partial charge >= 0.3 is 0 Å². The normalized spacial score (nSPS) is 12.7. The molecule has 1 fully saturated rings. The second-order valence-corrected chi connectivity index (χ2v) is 9.40. The highest BCUT2D eigenvalue weighted by Crippen LogP contribution is 2.29. The van der Waals surface area contributed by atoms with Crippen molar-refractivity contribution in [2.75, 3.05) is 19.0 Å². The fourth-order valence-electron chi connectivity index (χ4n) is 4.28. The molecule has 0 atom stereocenters. The number of imidazole rings is 1. The molecule has 1 saturated carbocycles. The van der Waals surface area contributed by atoms with Gasteiger partial charge in [0, 0.05) is 29.1 Å². The number of hydrogen-bond acceptors (Lipinski definition) is 4. The van der Waals surface area contributed by atoms with Crippen molar-refractivity contribution < 1.29 is 14.3 Å². The highest BCUT2D eigenvalue weighted by Gasteiger charge is 2.34. The predicted octanol–water partition coefficient (Wildman–Crippen LogP) is 5.41. The van der Waals surface area contributed by atoms with Crippen molar-refractivity contribution in [1.82, 2.24) is 14.5 Å². The number of ether oxygens (including phenoxy) is 1. The molecule has 1 aliphatic carbocycles. The van der Waals surface area contributed by atoms with Gasteiger partial charge in [-0.05, 0) is 68.1 Å². The van der Waals surface area contributed by atoms with Crippen LogP contribution in [0.3, 0.4) is 0 Å². The van der Waals surface area contributed by atoms with E-state index in [-0.39, 0.29) is 24.4 Å². The maximum atomic E-state index is 13.3. The SMILES string of the molecule is COc1cccc(C(=O)N(CC(=O)Nc2nc(-c3ccccc3)cn2-c2ccc(C)c(C)c2)C2CC2)c1. The molecule has 0 spiro atoms. The first-order valence-corrected chi connectivity index (χ1v) is 12.4. The molecule has 0 saturated heterocycles. The van der Waals surface area contributed by atoms with Crippen molar-refractivity contribution in [1.29, 1.82) is 0 Å². The number of nitrogens with one attached hydrogen (secondary N) is 1. The van der Waals surface area contributed by atoms with E-state index in [0.717, 1.165) is 35.3 Å². The van der Waals surface area contributed by atoms with Crippen LogP contribution in [0.1, 0.15) is 34.3 Å². The zero-order valence-corrected chi connectivity index (χ0v) is 21.3. The lowest BCUT2D eigenvalue weighted by Gasteiger charge is -2.22. The van der Waals surface area contributed by atoms with E-state index in [9.17, 15) is 9.59 Å². The number of amides is 2. The molecule has 0 radical (unpaired) electrons. The molecule has 1 aliphatic rings. The fraction of sp³-hybridized carbons (Fsp3) is 0.233. The van der Waals surface area contributed by atoms with E-state index in [1.165, 1.54) is 5.56 Å². The second kappa shape index (κ2) is 10.3. The van der Waals surface area contributed by atoms with Crippen LogP contribution < -0.4 is 10.1 Å². The van der Waals surface area contributed by atoms with Gasteiger partial charge in [-0.1, -0.05) is 42.5 Å². The van der Waals surface area contributed by atoms with E-state index in [0.29, 0.717) is 17.3 Å². The highest BCUT2D eigenvalue weighted by atomic mass is 16.5. The standard InChI is InChI=1S/C30H30N4O3/c1-20-12-13-25(16-21(20)2)34-18-27(22-8-5-4-6-9-22)31-30(34)32-28(35)19-33(24-14-15-24)29(36)23-10-7-11-26(17-23)37-3/h4-13,16-18,24H,14-15,19H2,1-3H3,(H,31,32,35). The van der Waals surface area contributed by atoms with Crippen LogP contribution >= 0.6 is 0 Å². The van der Waals surface area contributed by atoms with Crippen LogP contribution in [0.15, 0.2) is 79.0 Å². The Morgan fingerprint density at radius 3 is 2.49 bits per heavy atom. The van der Waals surface area contributed by atoms with E-state index >= 15 is 0 Å². The van der Waals surface area contributed by atoms with Crippen LogP contribution in [-0.2, 0) is 4.79 Å². The van der Waals surface area contributed by atoms with Crippen LogP contribution in [0.5, 0.6) is 5.75 Å². The molecule has 1 N–H and O–H groups in total. The van der Waals surface area contributed by atoms with Crippen molar-refractivity contribution in [3.63, 3.8) is 0 Å². The van der Waals surface area contributed by atoms with Gasteiger partial charge < -0.3 is 9.64 Å². The van der Waals surface area contributed by atoms with Crippen molar-refractivity contribution in [3.8, 4) is 22.7 Å². The Hall–Kier alpha value is -4.39. The molecule has 37 heavy (non-hydrogen) atoms. The average molecular weight is 495 g/mol. The maximum absolute atomic E-state index is 13.3. The smallest absolute Gasteiger partial charge is 0.254 e. The van der Waals surface area contributed by atoms with E-state index in [1.54, 1.807) is 36.3 Å². The summed E-state index contributed by atoms with van der Waals surface area (Å²) in [5, 5.41) is 2.97. The summed E-state index contributed by atoms with van der Waals surface area (Å²) in [6.07, 6.45) is 3.70. The first-order chi connectivity index (χ1) is 17.9. The van der Waals surface area contributed by atoms with Crippen LogP contribution in [0.4, 0.5) is 5.95 Å². The van der Waals surface area contributed by atoms with Gasteiger partial charge in [-0.25, -0.2) is 4.98 Å². The molecule has 0 unspecified atom stereocenters. The molecule has 1 heterocycles. The topological polar surface area (TPSA) is 76.5 Å². The number of rotatable bonds is 8. The third-order valence-corrected chi connectivity index (χ3v) is 6.67. The number of aryl methyl sites for hydroxylation is 2. The molecule has 5 rings (SSSR count). The number of aromatic nitrogens is 2. The molecular weight excluding hydrogens is 464 g/mol. The number of benzene rings is 3. The summed E-state index contributed by atoms with van der Waals surface area (Å²) in [5.41, 5.74) is 5.44. The van der Waals surface area contributed by atoms with Gasteiger partial charge in [0.05, 0.1) is 12.8 Å².